The van der Waals surface area contributed by atoms with Gasteiger partial charge in [-0.1, -0.05) is 12.1 Å². The third-order valence-electron chi connectivity index (χ3n) is 5.56. The fourth-order valence-electron chi connectivity index (χ4n) is 3.56. The van der Waals surface area contributed by atoms with Gasteiger partial charge < -0.3 is 19.9 Å². The van der Waals surface area contributed by atoms with Crippen LogP contribution in [0, 0.1) is 10.1 Å². The molecule has 2 aromatic carbocycles. The van der Waals surface area contributed by atoms with E-state index in [2.05, 4.69) is 14.9 Å². The molecule has 0 aliphatic carbocycles. The van der Waals surface area contributed by atoms with Crippen LogP contribution in [0.1, 0.15) is 15.9 Å². The Kier molecular flexibility index (Phi) is 8.56. The van der Waals surface area contributed by atoms with Crippen molar-refractivity contribution in [1.29, 1.82) is 0 Å². The number of nitro benzene ring substituents is 1. The SMILES string of the molecule is COCCNS(=O)(=O)c1ccc(CNC(=O)c2ccc(N3CCN(C)CC3)c([N+](=O)[O-])c2)cc1. The Bertz CT molecular complexity index is 1120. The summed E-state index contributed by atoms with van der Waals surface area (Å²) in [6.07, 6.45) is 0. The van der Waals surface area contributed by atoms with Gasteiger partial charge in [0.1, 0.15) is 5.69 Å². The highest BCUT2D eigenvalue weighted by Gasteiger charge is 2.24. The average molecular weight is 492 g/mol. The third kappa shape index (κ3) is 6.50. The van der Waals surface area contributed by atoms with Gasteiger partial charge in [0.2, 0.25) is 10.0 Å². The van der Waals surface area contributed by atoms with Crippen molar-refractivity contribution in [2.45, 2.75) is 11.4 Å². The normalized spacial score (nSPS) is 14.7. The number of likely N-dealkylation sites (N-methyl/N-ethyl adjacent to an activating group) is 1. The predicted molar refractivity (Wildman–Crippen MR) is 127 cm³/mol. The number of piperazine rings is 1. The molecule has 12 heteroatoms. The maximum atomic E-state index is 12.6. The van der Waals surface area contributed by atoms with Crippen LogP contribution in [-0.2, 0) is 21.3 Å². The van der Waals surface area contributed by atoms with E-state index in [9.17, 15) is 23.3 Å². The number of carbonyl (C=O) groups is 1. The minimum absolute atomic E-state index is 0.104. The number of amides is 1. The lowest BCUT2D eigenvalue weighted by molar-refractivity contribution is -0.384. The van der Waals surface area contributed by atoms with Crippen LogP contribution in [0.4, 0.5) is 11.4 Å². The summed E-state index contributed by atoms with van der Waals surface area (Å²) in [4.78, 5) is 28.0. The molecule has 0 spiro atoms. The van der Waals surface area contributed by atoms with E-state index in [0.29, 0.717) is 24.3 Å². The second-order valence-corrected chi connectivity index (χ2v) is 9.74. The number of rotatable bonds is 10. The molecule has 0 radical (unpaired) electrons. The number of nitrogens with one attached hydrogen (secondary N) is 2. The highest BCUT2D eigenvalue weighted by Crippen LogP contribution is 2.30. The molecule has 1 amide bonds. The van der Waals surface area contributed by atoms with Gasteiger partial charge in [0, 0.05) is 58.0 Å². The number of nitrogens with zero attached hydrogens (tertiary/aromatic N) is 3. The minimum Gasteiger partial charge on any atom is -0.383 e. The molecular weight excluding hydrogens is 462 g/mol. The number of nitro groups is 1. The van der Waals surface area contributed by atoms with Crippen molar-refractivity contribution in [1.82, 2.24) is 14.9 Å². The number of ether oxygens (including phenoxy) is 1. The fraction of sp³-hybridized carbons (Fsp3) is 0.409. The van der Waals surface area contributed by atoms with Gasteiger partial charge in [0.15, 0.2) is 0 Å². The van der Waals surface area contributed by atoms with E-state index in [-0.39, 0.29) is 35.8 Å². The maximum absolute atomic E-state index is 12.6. The van der Waals surface area contributed by atoms with E-state index < -0.39 is 20.9 Å². The van der Waals surface area contributed by atoms with Crippen LogP contribution in [-0.4, -0.2) is 77.6 Å². The van der Waals surface area contributed by atoms with Gasteiger partial charge in [0.05, 0.1) is 16.4 Å². The monoisotopic (exact) mass is 491 g/mol. The second kappa shape index (κ2) is 11.4. The van der Waals surface area contributed by atoms with Gasteiger partial charge in [0.25, 0.3) is 11.6 Å². The van der Waals surface area contributed by atoms with Crippen LogP contribution in [0.25, 0.3) is 0 Å². The van der Waals surface area contributed by atoms with Crippen LogP contribution in [0.15, 0.2) is 47.4 Å². The van der Waals surface area contributed by atoms with Crippen molar-refractivity contribution < 1.29 is 22.9 Å². The molecule has 184 valence electrons. The van der Waals surface area contributed by atoms with E-state index >= 15 is 0 Å². The quantitative estimate of drug-likeness (QED) is 0.288. The Morgan fingerprint density at radius 1 is 1.12 bits per heavy atom. The summed E-state index contributed by atoms with van der Waals surface area (Å²) in [7, 11) is -0.152. The molecule has 2 N–H and O–H groups in total. The van der Waals surface area contributed by atoms with Crippen molar-refractivity contribution in [3.8, 4) is 0 Å². The van der Waals surface area contributed by atoms with Gasteiger partial charge in [-0.15, -0.1) is 0 Å². The zero-order valence-electron chi connectivity index (χ0n) is 19.2. The van der Waals surface area contributed by atoms with Crippen LogP contribution in [0.2, 0.25) is 0 Å². The number of carbonyl (C=O) groups excluding carboxylic acids is 1. The first-order valence-corrected chi connectivity index (χ1v) is 12.3. The molecule has 0 bridgehead atoms. The number of sulfonamides is 1. The Hall–Kier alpha value is -3.06. The highest BCUT2D eigenvalue weighted by molar-refractivity contribution is 7.89. The maximum Gasteiger partial charge on any atom is 0.293 e. The average Bonchev–Trinajstić information content (AvgIpc) is 2.83. The Morgan fingerprint density at radius 3 is 2.41 bits per heavy atom. The minimum atomic E-state index is -3.64. The first-order valence-electron chi connectivity index (χ1n) is 10.8. The van der Waals surface area contributed by atoms with E-state index in [1.807, 2.05) is 11.9 Å². The Balaban J connectivity index is 1.64. The van der Waals surface area contributed by atoms with Crippen molar-refractivity contribution in [2.75, 3.05) is 58.4 Å². The lowest BCUT2D eigenvalue weighted by Gasteiger charge is -2.33. The number of benzene rings is 2. The molecule has 2 aromatic rings. The number of anilines is 1. The van der Waals surface area contributed by atoms with Crippen molar-refractivity contribution >= 4 is 27.3 Å². The number of methoxy groups -OCH3 is 1. The number of hydrogen-bond acceptors (Lipinski definition) is 8. The van der Waals surface area contributed by atoms with Gasteiger partial charge in [-0.05, 0) is 36.9 Å². The summed E-state index contributed by atoms with van der Waals surface area (Å²) in [5.41, 5.74) is 1.28. The summed E-state index contributed by atoms with van der Waals surface area (Å²) >= 11 is 0. The zero-order chi connectivity index (χ0) is 24.7. The fourth-order valence-corrected chi connectivity index (χ4v) is 4.57. The molecule has 1 aliphatic heterocycles. The first kappa shape index (κ1) is 25.6. The third-order valence-corrected chi connectivity index (χ3v) is 7.04. The summed E-state index contributed by atoms with van der Waals surface area (Å²) in [5.74, 6) is -0.453. The first-order chi connectivity index (χ1) is 16.2. The summed E-state index contributed by atoms with van der Waals surface area (Å²) < 4.78 is 31.7. The molecule has 0 aromatic heterocycles. The molecule has 1 saturated heterocycles. The van der Waals surface area contributed by atoms with Crippen LogP contribution in [0.5, 0.6) is 0 Å². The molecule has 34 heavy (non-hydrogen) atoms. The summed E-state index contributed by atoms with van der Waals surface area (Å²) in [5, 5.41) is 14.4. The summed E-state index contributed by atoms with van der Waals surface area (Å²) in [6, 6.07) is 10.6. The summed E-state index contributed by atoms with van der Waals surface area (Å²) in [6.45, 7) is 3.54. The highest BCUT2D eigenvalue weighted by atomic mass is 32.2. The van der Waals surface area contributed by atoms with E-state index in [4.69, 9.17) is 4.74 Å². The van der Waals surface area contributed by atoms with Crippen LogP contribution >= 0.6 is 0 Å². The number of hydrogen-bond donors (Lipinski definition) is 2. The Labute approximate surface area is 198 Å². The predicted octanol–water partition coefficient (Wildman–Crippen LogP) is 1.20. The zero-order valence-corrected chi connectivity index (χ0v) is 20.0. The van der Waals surface area contributed by atoms with Crippen LogP contribution < -0.4 is 14.9 Å². The van der Waals surface area contributed by atoms with E-state index in [1.165, 1.54) is 25.3 Å². The molecule has 0 atom stereocenters. The lowest BCUT2D eigenvalue weighted by atomic mass is 10.1. The largest absolute Gasteiger partial charge is 0.383 e. The molecule has 0 unspecified atom stereocenters. The molecule has 1 fully saturated rings. The molecule has 1 heterocycles. The molecule has 3 rings (SSSR count). The van der Waals surface area contributed by atoms with Crippen molar-refractivity contribution in [2.24, 2.45) is 0 Å². The molecule has 0 saturated carbocycles. The Morgan fingerprint density at radius 2 is 1.79 bits per heavy atom. The van der Waals surface area contributed by atoms with E-state index in [0.717, 1.165) is 13.1 Å². The van der Waals surface area contributed by atoms with Gasteiger partial charge in [-0.25, -0.2) is 13.1 Å². The smallest absolute Gasteiger partial charge is 0.293 e. The van der Waals surface area contributed by atoms with Gasteiger partial charge in [-0.2, -0.15) is 0 Å². The van der Waals surface area contributed by atoms with Gasteiger partial charge >= 0.3 is 0 Å². The van der Waals surface area contributed by atoms with Gasteiger partial charge in [-0.3, -0.25) is 14.9 Å². The van der Waals surface area contributed by atoms with E-state index in [1.54, 1.807) is 24.3 Å². The standard InChI is InChI=1S/C22H29N5O6S/c1-25-10-12-26(13-11-25)20-8-5-18(15-21(20)27(29)30)22(28)23-16-17-3-6-19(7-4-17)34(31,32)24-9-14-33-2/h3-8,15,24H,9-14,16H2,1-2H3,(H,23,28). The lowest BCUT2D eigenvalue weighted by Crippen LogP contribution is -2.44. The molecule has 1 aliphatic rings. The second-order valence-electron chi connectivity index (χ2n) is 7.97. The molecule has 11 nitrogen and oxygen atoms in total. The topological polar surface area (TPSA) is 134 Å². The van der Waals surface area contributed by atoms with Crippen molar-refractivity contribution in [3.05, 3.63) is 63.7 Å². The van der Waals surface area contributed by atoms with Crippen molar-refractivity contribution in [3.63, 3.8) is 0 Å². The van der Waals surface area contributed by atoms with Crippen LogP contribution in [0.3, 0.4) is 0 Å². The molecular formula is C22H29N5O6S.